The van der Waals surface area contributed by atoms with Gasteiger partial charge in [0.25, 0.3) is 0 Å². The van der Waals surface area contributed by atoms with E-state index in [0.29, 0.717) is 11.8 Å². The van der Waals surface area contributed by atoms with Crippen LogP contribution in [0.5, 0.6) is 0 Å². The molecule has 0 radical (unpaired) electrons. The number of nitrogen functional groups attached to an aromatic ring is 1. The summed E-state index contributed by atoms with van der Waals surface area (Å²) in [6.45, 7) is 5.25. The lowest BCUT2D eigenvalue weighted by molar-refractivity contribution is 0.0905. The van der Waals surface area contributed by atoms with E-state index in [1.165, 1.54) is 19.4 Å². The van der Waals surface area contributed by atoms with Crippen LogP contribution in [0.3, 0.4) is 0 Å². The lowest BCUT2D eigenvalue weighted by atomic mass is 10.1. The Morgan fingerprint density at radius 2 is 2.37 bits per heavy atom. The number of nitrogens with two attached hydrogens (primary N) is 1. The number of piperazine rings is 1. The Balaban J connectivity index is 1.65. The van der Waals surface area contributed by atoms with Gasteiger partial charge in [-0.1, -0.05) is 0 Å². The summed E-state index contributed by atoms with van der Waals surface area (Å²) < 4.78 is 5.22. The van der Waals surface area contributed by atoms with Crippen LogP contribution in [-0.2, 0) is 6.54 Å². The Bertz CT molecular complexity index is 459. The average Bonchev–Trinajstić information content (AvgIpc) is 3.06. The van der Waals surface area contributed by atoms with Crippen LogP contribution in [0.4, 0.5) is 0 Å². The van der Waals surface area contributed by atoms with E-state index in [2.05, 4.69) is 15.2 Å². The molecule has 0 aromatic carbocycles. The number of amides is 1. The molecule has 19 heavy (non-hydrogen) atoms. The molecule has 2 fully saturated rings. The molecule has 0 bridgehead atoms. The van der Waals surface area contributed by atoms with Crippen molar-refractivity contribution in [3.63, 3.8) is 0 Å². The van der Waals surface area contributed by atoms with Gasteiger partial charge < -0.3 is 4.42 Å². The minimum Gasteiger partial charge on any atom is -0.459 e. The smallest absolute Gasteiger partial charge is 0.301 e. The zero-order chi connectivity index (χ0) is 13.2. The maximum atomic E-state index is 11.6. The summed E-state index contributed by atoms with van der Waals surface area (Å²) in [4.78, 5) is 16.5. The number of nitrogens with one attached hydrogen (secondary N) is 1. The lowest BCUT2D eigenvalue weighted by Crippen LogP contribution is -2.49. The van der Waals surface area contributed by atoms with Crippen molar-refractivity contribution in [3.8, 4) is 0 Å². The summed E-state index contributed by atoms with van der Waals surface area (Å²) >= 11 is 0. The molecular weight excluding hydrogens is 244 g/mol. The van der Waals surface area contributed by atoms with Gasteiger partial charge in [0.2, 0.25) is 0 Å². The molecule has 6 nitrogen and oxygen atoms in total. The number of carbonyl (C=O) groups is 1. The lowest BCUT2D eigenvalue weighted by Gasteiger charge is -2.37. The van der Waals surface area contributed by atoms with Gasteiger partial charge in [0.05, 0.1) is 6.26 Å². The first kappa shape index (κ1) is 12.7. The van der Waals surface area contributed by atoms with Crippen molar-refractivity contribution in [2.75, 3.05) is 26.2 Å². The molecule has 2 saturated heterocycles. The van der Waals surface area contributed by atoms with E-state index >= 15 is 0 Å². The minimum absolute atomic E-state index is 0.330. The molecule has 0 spiro atoms. The molecular formula is C13H20N4O2. The van der Waals surface area contributed by atoms with Crippen molar-refractivity contribution in [1.29, 1.82) is 0 Å². The van der Waals surface area contributed by atoms with Gasteiger partial charge in [-0.15, -0.1) is 0 Å². The molecule has 3 rings (SSSR count). The maximum Gasteiger partial charge on any atom is 0.301 e. The SMILES string of the molecule is NNC(=O)c1occc1CN1CCN2CCCC2C1. The Morgan fingerprint density at radius 3 is 3.21 bits per heavy atom. The first-order chi connectivity index (χ1) is 9.28. The van der Waals surface area contributed by atoms with Crippen molar-refractivity contribution < 1.29 is 9.21 Å². The molecule has 104 valence electrons. The summed E-state index contributed by atoms with van der Waals surface area (Å²) in [6.07, 6.45) is 4.15. The van der Waals surface area contributed by atoms with Crippen molar-refractivity contribution >= 4 is 5.91 Å². The van der Waals surface area contributed by atoms with Gasteiger partial charge in [-0.05, 0) is 25.5 Å². The zero-order valence-electron chi connectivity index (χ0n) is 11.0. The number of fused-ring (bicyclic) bond motifs is 1. The van der Waals surface area contributed by atoms with Crippen LogP contribution in [0.15, 0.2) is 16.7 Å². The largest absolute Gasteiger partial charge is 0.459 e. The molecule has 0 aliphatic carbocycles. The summed E-state index contributed by atoms with van der Waals surface area (Å²) in [6, 6.07) is 2.54. The number of hydrogen-bond donors (Lipinski definition) is 2. The molecule has 1 amide bonds. The highest BCUT2D eigenvalue weighted by atomic mass is 16.3. The highest BCUT2D eigenvalue weighted by Gasteiger charge is 2.31. The molecule has 1 unspecified atom stereocenters. The second-order valence-electron chi connectivity index (χ2n) is 5.32. The topological polar surface area (TPSA) is 74.7 Å². The van der Waals surface area contributed by atoms with Crippen molar-refractivity contribution in [3.05, 3.63) is 23.7 Å². The fourth-order valence-electron chi connectivity index (χ4n) is 3.16. The molecule has 3 N–H and O–H groups in total. The van der Waals surface area contributed by atoms with E-state index in [1.807, 2.05) is 6.07 Å². The zero-order valence-corrected chi connectivity index (χ0v) is 11.0. The number of furan rings is 1. The van der Waals surface area contributed by atoms with E-state index in [1.54, 1.807) is 6.26 Å². The van der Waals surface area contributed by atoms with Gasteiger partial charge in [0.15, 0.2) is 5.76 Å². The van der Waals surface area contributed by atoms with Crippen LogP contribution >= 0.6 is 0 Å². The standard InChI is InChI=1S/C13H20N4O2/c14-15-13(18)12-10(3-7-19-12)8-16-5-6-17-4-1-2-11(17)9-16/h3,7,11H,1-2,4-6,8-9,14H2,(H,15,18). The predicted molar refractivity (Wildman–Crippen MR) is 70.2 cm³/mol. The number of hydrogen-bond acceptors (Lipinski definition) is 5. The van der Waals surface area contributed by atoms with Gasteiger partial charge in [0, 0.05) is 37.8 Å². The third-order valence-corrected chi connectivity index (χ3v) is 4.15. The van der Waals surface area contributed by atoms with Crippen LogP contribution in [0.25, 0.3) is 0 Å². The molecule has 1 aromatic rings. The number of carbonyl (C=O) groups excluding carboxylic acids is 1. The quantitative estimate of drug-likeness (QED) is 0.462. The van der Waals surface area contributed by atoms with Crippen LogP contribution in [0.2, 0.25) is 0 Å². The molecule has 1 aromatic heterocycles. The third-order valence-electron chi connectivity index (χ3n) is 4.15. The van der Waals surface area contributed by atoms with Gasteiger partial charge in [-0.2, -0.15) is 0 Å². The molecule has 2 aliphatic heterocycles. The molecule has 1 atom stereocenters. The summed E-state index contributed by atoms with van der Waals surface area (Å²) in [7, 11) is 0. The van der Waals surface area contributed by atoms with E-state index in [0.717, 1.165) is 31.7 Å². The Hall–Kier alpha value is -1.37. The van der Waals surface area contributed by atoms with E-state index in [4.69, 9.17) is 10.3 Å². The third kappa shape index (κ3) is 2.51. The predicted octanol–water partition coefficient (Wildman–Crippen LogP) is 0.163. The number of nitrogens with zero attached hydrogens (tertiary/aromatic N) is 2. The first-order valence-corrected chi connectivity index (χ1v) is 6.81. The molecule has 0 saturated carbocycles. The van der Waals surface area contributed by atoms with Crippen LogP contribution in [-0.4, -0.2) is 47.9 Å². The molecule has 6 heteroatoms. The van der Waals surface area contributed by atoms with Gasteiger partial charge in [-0.3, -0.25) is 20.0 Å². The monoisotopic (exact) mass is 264 g/mol. The summed E-state index contributed by atoms with van der Waals surface area (Å²) in [5.74, 6) is 5.12. The average molecular weight is 264 g/mol. The first-order valence-electron chi connectivity index (χ1n) is 6.81. The van der Waals surface area contributed by atoms with Crippen LogP contribution in [0, 0.1) is 0 Å². The second kappa shape index (κ2) is 5.32. The van der Waals surface area contributed by atoms with Crippen molar-refractivity contribution in [1.82, 2.24) is 15.2 Å². The van der Waals surface area contributed by atoms with Crippen molar-refractivity contribution in [2.45, 2.75) is 25.4 Å². The van der Waals surface area contributed by atoms with E-state index < -0.39 is 0 Å². The van der Waals surface area contributed by atoms with E-state index in [9.17, 15) is 4.79 Å². The van der Waals surface area contributed by atoms with Crippen molar-refractivity contribution in [2.24, 2.45) is 5.84 Å². The normalized spacial score (nSPS) is 24.4. The fourth-order valence-corrected chi connectivity index (χ4v) is 3.16. The Morgan fingerprint density at radius 1 is 1.47 bits per heavy atom. The molecule has 2 aliphatic rings. The van der Waals surface area contributed by atoms with Gasteiger partial charge in [-0.25, -0.2) is 5.84 Å². The highest BCUT2D eigenvalue weighted by Crippen LogP contribution is 2.23. The minimum atomic E-state index is -0.362. The van der Waals surface area contributed by atoms with Gasteiger partial charge >= 0.3 is 5.91 Å². The fraction of sp³-hybridized carbons (Fsp3) is 0.615. The highest BCUT2D eigenvalue weighted by molar-refractivity contribution is 5.92. The second-order valence-corrected chi connectivity index (χ2v) is 5.32. The maximum absolute atomic E-state index is 11.6. The van der Waals surface area contributed by atoms with Crippen LogP contribution in [0.1, 0.15) is 29.0 Å². The van der Waals surface area contributed by atoms with Crippen LogP contribution < -0.4 is 11.3 Å². The Kier molecular flexibility index (Phi) is 3.54. The van der Waals surface area contributed by atoms with E-state index in [-0.39, 0.29) is 5.91 Å². The van der Waals surface area contributed by atoms with Gasteiger partial charge in [0.1, 0.15) is 0 Å². The summed E-state index contributed by atoms with van der Waals surface area (Å²) in [5, 5.41) is 0. The molecule has 3 heterocycles. The number of hydrazine groups is 1. The summed E-state index contributed by atoms with van der Waals surface area (Å²) in [5.41, 5.74) is 3.03. The Labute approximate surface area is 112 Å². The number of rotatable bonds is 3.